The summed E-state index contributed by atoms with van der Waals surface area (Å²) in [6, 6.07) is 1.83. The Bertz CT molecular complexity index is 468. The standard InChI is InChI=1S/C11H10O3S/c1-7-6-15-10(11(12)13-2)9(7)8-3-4-14-5-8/h3-6H,1-2H3. The lowest BCUT2D eigenvalue weighted by Crippen LogP contribution is -1.99. The number of thiophene rings is 1. The highest BCUT2D eigenvalue weighted by Gasteiger charge is 2.18. The van der Waals surface area contributed by atoms with E-state index in [4.69, 9.17) is 9.15 Å². The molecule has 2 heterocycles. The van der Waals surface area contributed by atoms with Crippen LogP contribution in [0.1, 0.15) is 15.2 Å². The average molecular weight is 222 g/mol. The predicted octanol–water partition coefficient (Wildman–Crippen LogP) is 3.10. The number of carbonyl (C=O) groups is 1. The minimum atomic E-state index is -0.302. The van der Waals surface area contributed by atoms with Crippen molar-refractivity contribution < 1.29 is 13.9 Å². The summed E-state index contributed by atoms with van der Waals surface area (Å²) in [6.07, 6.45) is 3.22. The number of furan rings is 1. The van der Waals surface area contributed by atoms with Gasteiger partial charge in [0.25, 0.3) is 0 Å². The van der Waals surface area contributed by atoms with Crippen molar-refractivity contribution in [2.24, 2.45) is 0 Å². The van der Waals surface area contributed by atoms with Gasteiger partial charge in [0.05, 0.1) is 19.6 Å². The number of hydrogen-bond donors (Lipinski definition) is 0. The van der Waals surface area contributed by atoms with Crippen LogP contribution in [0.15, 0.2) is 28.4 Å². The highest BCUT2D eigenvalue weighted by Crippen LogP contribution is 2.33. The van der Waals surface area contributed by atoms with Crippen LogP contribution in [0.5, 0.6) is 0 Å². The minimum Gasteiger partial charge on any atom is -0.472 e. The average Bonchev–Trinajstić information content (AvgIpc) is 2.85. The van der Waals surface area contributed by atoms with Gasteiger partial charge in [-0.15, -0.1) is 11.3 Å². The smallest absolute Gasteiger partial charge is 0.348 e. The van der Waals surface area contributed by atoms with Crippen molar-refractivity contribution in [3.05, 3.63) is 34.4 Å². The fraction of sp³-hybridized carbons (Fsp3) is 0.182. The lowest BCUT2D eigenvalue weighted by Gasteiger charge is -2.00. The number of ether oxygens (including phenoxy) is 1. The summed E-state index contributed by atoms with van der Waals surface area (Å²) < 4.78 is 9.74. The second kappa shape index (κ2) is 3.90. The molecule has 0 unspecified atom stereocenters. The summed E-state index contributed by atoms with van der Waals surface area (Å²) in [5.41, 5.74) is 2.87. The first-order valence-electron chi connectivity index (χ1n) is 4.43. The van der Waals surface area contributed by atoms with E-state index in [1.807, 2.05) is 18.4 Å². The minimum absolute atomic E-state index is 0.302. The van der Waals surface area contributed by atoms with E-state index in [0.717, 1.165) is 16.7 Å². The van der Waals surface area contributed by atoms with E-state index < -0.39 is 0 Å². The van der Waals surface area contributed by atoms with E-state index in [1.165, 1.54) is 18.4 Å². The second-order valence-corrected chi connectivity index (χ2v) is 4.01. The Hall–Kier alpha value is -1.55. The lowest BCUT2D eigenvalue weighted by atomic mass is 10.1. The molecule has 0 radical (unpaired) electrons. The van der Waals surface area contributed by atoms with Gasteiger partial charge in [0.15, 0.2) is 0 Å². The molecule has 0 aliphatic heterocycles. The zero-order valence-corrected chi connectivity index (χ0v) is 9.26. The fourth-order valence-electron chi connectivity index (χ4n) is 1.45. The maximum absolute atomic E-state index is 11.5. The molecule has 0 aromatic carbocycles. The SMILES string of the molecule is COC(=O)c1scc(C)c1-c1ccoc1. The molecule has 0 saturated carbocycles. The second-order valence-electron chi connectivity index (χ2n) is 3.13. The molecule has 2 aromatic rings. The fourth-order valence-corrected chi connectivity index (χ4v) is 2.44. The van der Waals surface area contributed by atoms with Crippen LogP contribution in [-0.2, 0) is 4.74 Å². The van der Waals surface area contributed by atoms with Gasteiger partial charge >= 0.3 is 5.97 Å². The van der Waals surface area contributed by atoms with Crippen LogP contribution >= 0.6 is 11.3 Å². The molecule has 0 saturated heterocycles. The maximum atomic E-state index is 11.5. The molecular weight excluding hydrogens is 212 g/mol. The molecule has 0 aliphatic carbocycles. The van der Waals surface area contributed by atoms with Crippen molar-refractivity contribution in [1.29, 1.82) is 0 Å². The van der Waals surface area contributed by atoms with Crippen molar-refractivity contribution in [2.75, 3.05) is 7.11 Å². The zero-order valence-electron chi connectivity index (χ0n) is 8.44. The van der Waals surface area contributed by atoms with Crippen molar-refractivity contribution >= 4 is 17.3 Å². The number of carbonyl (C=O) groups excluding carboxylic acids is 1. The molecular formula is C11H10O3S. The first-order valence-corrected chi connectivity index (χ1v) is 5.31. The van der Waals surface area contributed by atoms with E-state index in [0.29, 0.717) is 4.88 Å². The first kappa shape index (κ1) is 9.98. The molecule has 0 fully saturated rings. The molecule has 0 bridgehead atoms. The third kappa shape index (κ3) is 1.68. The number of rotatable bonds is 2. The monoisotopic (exact) mass is 222 g/mol. The third-order valence-electron chi connectivity index (χ3n) is 2.16. The van der Waals surface area contributed by atoms with E-state index in [9.17, 15) is 4.79 Å². The Morgan fingerprint density at radius 1 is 1.53 bits per heavy atom. The van der Waals surface area contributed by atoms with E-state index >= 15 is 0 Å². The number of aryl methyl sites for hydroxylation is 1. The third-order valence-corrected chi connectivity index (χ3v) is 3.23. The number of hydrogen-bond acceptors (Lipinski definition) is 4. The molecule has 2 rings (SSSR count). The van der Waals surface area contributed by atoms with Crippen molar-refractivity contribution in [3.63, 3.8) is 0 Å². The Kier molecular flexibility index (Phi) is 2.60. The van der Waals surface area contributed by atoms with Crippen LogP contribution in [0.4, 0.5) is 0 Å². The van der Waals surface area contributed by atoms with Gasteiger partial charge in [-0.05, 0) is 23.9 Å². The van der Waals surface area contributed by atoms with Gasteiger partial charge in [-0.2, -0.15) is 0 Å². The first-order chi connectivity index (χ1) is 7.24. The van der Waals surface area contributed by atoms with E-state index in [1.54, 1.807) is 12.5 Å². The lowest BCUT2D eigenvalue weighted by molar-refractivity contribution is 0.0607. The predicted molar refractivity (Wildman–Crippen MR) is 58.1 cm³/mol. The van der Waals surface area contributed by atoms with Gasteiger partial charge in [-0.25, -0.2) is 4.79 Å². The van der Waals surface area contributed by atoms with Gasteiger partial charge in [0.2, 0.25) is 0 Å². The summed E-state index contributed by atoms with van der Waals surface area (Å²) in [5.74, 6) is -0.302. The van der Waals surface area contributed by atoms with E-state index in [-0.39, 0.29) is 5.97 Å². The van der Waals surface area contributed by atoms with Crippen LogP contribution < -0.4 is 0 Å². The molecule has 3 nitrogen and oxygen atoms in total. The highest BCUT2D eigenvalue weighted by molar-refractivity contribution is 7.12. The van der Waals surface area contributed by atoms with Gasteiger partial charge in [-0.1, -0.05) is 0 Å². The Morgan fingerprint density at radius 3 is 2.93 bits per heavy atom. The topological polar surface area (TPSA) is 39.4 Å². The normalized spacial score (nSPS) is 10.3. The van der Waals surface area contributed by atoms with Gasteiger partial charge in [0, 0.05) is 11.1 Å². The van der Waals surface area contributed by atoms with Crippen molar-refractivity contribution in [3.8, 4) is 11.1 Å². The molecule has 0 aliphatic rings. The molecule has 0 amide bonds. The van der Waals surface area contributed by atoms with Gasteiger partial charge in [-0.3, -0.25) is 0 Å². The summed E-state index contributed by atoms with van der Waals surface area (Å²) in [5, 5.41) is 1.94. The molecule has 0 spiro atoms. The van der Waals surface area contributed by atoms with Crippen molar-refractivity contribution in [2.45, 2.75) is 6.92 Å². The quantitative estimate of drug-likeness (QED) is 0.733. The van der Waals surface area contributed by atoms with Crippen LogP contribution in [0.3, 0.4) is 0 Å². The molecule has 78 valence electrons. The van der Waals surface area contributed by atoms with Gasteiger partial charge < -0.3 is 9.15 Å². The van der Waals surface area contributed by atoms with Crippen molar-refractivity contribution in [1.82, 2.24) is 0 Å². The van der Waals surface area contributed by atoms with E-state index in [2.05, 4.69) is 0 Å². The molecule has 0 atom stereocenters. The molecule has 4 heteroatoms. The van der Waals surface area contributed by atoms with Crippen LogP contribution in [-0.4, -0.2) is 13.1 Å². The van der Waals surface area contributed by atoms with Crippen LogP contribution in [0, 0.1) is 6.92 Å². The number of methoxy groups -OCH3 is 1. The Morgan fingerprint density at radius 2 is 2.33 bits per heavy atom. The maximum Gasteiger partial charge on any atom is 0.348 e. The highest BCUT2D eigenvalue weighted by atomic mass is 32.1. The zero-order chi connectivity index (χ0) is 10.8. The Labute approximate surface area is 91.3 Å². The summed E-state index contributed by atoms with van der Waals surface area (Å²) in [4.78, 5) is 12.1. The number of esters is 1. The van der Waals surface area contributed by atoms with Gasteiger partial charge in [0.1, 0.15) is 4.88 Å². The largest absolute Gasteiger partial charge is 0.472 e. The summed E-state index contributed by atoms with van der Waals surface area (Å²) >= 11 is 1.39. The van der Waals surface area contributed by atoms with Crippen LogP contribution in [0.2, 0.25) is 0 Å². The van der Waals surface area contributed by atoms with Crippen LogP contribution in [0.25, 0.3) is 11.1 Å². The molecule has 2 aromatic heterocycles. The summed E-state index contributed by atoms with van der Waals surface area (Å²) in [7, 11) is 1.39. The Balaban J connectivity index is 2.55. The molecule has 15 heavy (non-hydrogen) atoms. The molecule has 0 N–H and O–H groups in total. The summed E-state index contributed by atoms with van der Waals surface area (Å²) in [6.45, 7) is 1.96.